The average molecular weight is 438 g/mol. The number of hydrogen-bond acceptors (Lipinski definition) is 5. The number of rotatable bonds is 4. The van der Waals surface area contributed by atoms with Crippen LogP contribution in [-0.4, -0.2) is 23.9 Å². The van der Waals surface area contributed by atoms with E-state index in [-0.39, 0.29) is 16.4 Å². The zero-order valence-corrected chi connectivity index (χ0v) is 17.9. The van der Waals surface area contributed by atoms with Crippen LogP contribution in [0.1, 0.15) is 28.5 Å². The zero-order chi connectivity index (χ0) is 22.3. The minimum atomic E-state index is -0.919. The second kappa shape index (κ2) is 7.96. The lowest BCUT2D eigenvalue weighted by Gasteiger charge is -2.24. The van der Waals surface area contributed by atoms with Crippen molar-refractivity contribution in [2.75, 3.05) is 12.0 Å². The number of Topliss-reactive ketones (excluding diaryl/α,β-unsaturated/α-hetero) is 1. The number of hydrogen-bond donors (Lipinski definition) is 1. The predicted molar refractivity (Wildman–Crippen MR) is 117 cm³/mol. The average Bonchev–Trinajstić information content (AvgIpc) is 3.37. The van der Waals surface area contributed by atoms with Gasteiger partial charge in [0.25, 0.3) is 11.7 Å². The van der Waals surface area contributed by atoms with Gasteiger partial charge in [-0.25, -0.2) is 0 Å². The number of halogens is 1. The molecule has 0 bridgehead atoms. The molecule has 1 N–H and O–H groups in total. The van der Waals surface area contributed by atoms with Gasteiger partial charge in [-0.15, -0.1) is 0 Å². The van der Waals surface area contributed by atoms with Crippen molar-refractivity contribution in [3.8, 4) is 5.75 Å². The fourth-order valence-electron chi connectivity index (χ4n) is 3.66. The summed E-state index contributed by atoms with van der Waals surface area (Å²) in [5.41, 5.74) is 2.79. The summed E-state index contributed by atoms with van der Waals surface area (Å²) >= 11 is 6.20. The lowest BCUT2D eigenvalue weighted by atomic mass is 9.99. The number of aliphatic hydroxyl groups excluding tert-OH is 1. The molecule has 1 aromatic heterocycles. The standard InChI is InChI=1S/C24H20ClNO5/c1-13-6-8-16(11-14(13)2)26-21(19-5-4-10-31-19)20(23(28)24(26)29)22(27)15-7-9-18(30-3)17(25)12-15/h4-12,21,27H,1-3H3/b22-20-. The number of aliphatic hydroxyl groups is 1. The summed E-state index contributed by atoms with van der Waals surface area (Å²) in [6.07, 6.45) is 1.46. The van der Waals surface area contributed by atoms with Gasteiger partial charge in [-0.2, -0.15) is 0 Å². The predicted octanol–water partition coefficient (Wildman–Crippen LogP) is 5.18. The summed E-state index contributed by atoms with van der Waals surface area (Å²) in [5, 5.41) is 11.3. The smallest absolute Gasteiger partial charge is 0.300 e. The Bertz CT molecular complexity index is 1210. The first-order valence-corrected chi connectivity index (χ1v) is 9.97. The number of carbonyl (C=O) groups excluding carboxylic acids is 2. The Labute approximate surface area is 184 Å². The van der Waals surface area contributed by atoms with Crippen molar-refractivity contribution in [3.63, 3.8) is 0 Å². The highest BCUT2D eigenvalue weighted by Crippen LogP contribution is 2.43. The first-order chi connectivity index (χ1) is 14.8. The number of amides is 1. The van der Waals surface area contributed by atoms with E-state index < -0.39 is 17.7 Å². The van der Waals surface area contributed by atoms with Crippen LogP contribution in [0, 0.1) is 13.8 Å². The highest BCUT2D eigenvalue weighted by molar-refractivity contribution is 6.51. The number of anilines is 1. The number of furan rings is 1. The van der Waals surface area contributed by atoms with Crippen molar-refractivity contribution in [1.82, 2.24) is 0 Å². The van der Waals surface area contributed by atoms with Crippen LogP contribution < -0.4 is 9.64 Å². The molecule has 1 aliphatic heterocycles. The first-order valence-electron chi connectivity index (χ1n) is 9.59. The molecule has 7 heteroatoms. The molecule has 31 heavy (non-hydrogen) atoms. The second-order valence-electron chi connectivity index (χ2n) is 7.30. The summed E-state index contributed by atoms with van der Waals surface area (Å²) in [6.45, 7) is 3.89. The van der Waals surface area contributed by atoms with Crippen LogP contribution >= 0.6 is 11.6 Å². The molecule has 158 valence electrons. The molecule has 2 aromatic carbocycles. The van der Waals surface area contributed by atoms with Gasteiger partial charge >= 0.3 is 0 Å². The Hall–Kier alpha value is -3.51. The quantitative estimate of drug-likeness (QED) is 0.345. The molecule has 2 heterocycles. The molecular formula is C24H20ClNO5. The number of ketones is 1. The minimum Gasteiger partial charge on any atom is -0.507 e. The lowest BCUT2D eigenvalue weighted by Crippen LogP contribution is -2.29. The maximum Gasteiger partial charge on any atom is 0.300 e. The Morgan fingerprint density at radius 1 is 1.10 bits per heavy atom. The maximum absolute atomic E-state index is 13.1. The zero-order valence-electron chi connectivity index (χ0n) is 17.2. The van der Waals surface area contributed by atoms with Crippen molar-refractivity contribution in [1.29, 1.82) is 0 Å². The SMILES string of the molecule is COc1ccc(/C(O)=C2/C(=O)C(=O)N(c3ccc(C)c(C)c3)C2c2ccco2)cc1Cl. The van der Waals surface area contributed by atoms with Crippen LogP contribution in [0.2, 0.25) is 5.02 Å². The van der Waals surface area contributed by atoms with Crippen LogP contribution in [0.4, 0.5) is 5.69 Å². The van der Waals surface area contributed by atoms with Gasteiger partial charge in [0.2, 0.25) is 0 Å². The second-order valence-corrected chi connectivity index (χ2v) is 7.71. The Balaban J connectivity index is 1.91. The van der Waals surface area contributed by atoms with Gasteiger partial charge in [0.15, 0.2) is 0 Å². The van der Waals surface area contributed by atoms with Crippen LogP contribution in [0.5, 0.6) is 5.75 Å². The molecule has 1 fully saturated rings. The molecule has 0 saturated carbocycles. The number of nitrogens with zero attached hydrogens (tertiary/aromatic N) is 1. The van der Waals surface area contributed by atoms with E-state index in [1.807, 2.05) is 26.0 Å². The third kappa shape index (κ3) is 3.49. The van der Waals surface area contributed by atoms with E-state index in [0.29, 0.717) is 22.8 Å². The maximum atomic E-state index is 13.1. The third-order valence-corrected chi connectivity index (χ3v) is 5.75. The van der Waals surface area contributed by atoms with Crippen molar-refractivity contribution < 1.29 is 23.8 Å². The van der Waals surface area contributed by atoms with Crippen LogP contribution in [0.25, 0.3) is 5.76 Å². The van der Waals surface area contributed by atoms with Gasteiger partial charge in [-0.3, -0.25) is 14.5 Å². The number of benzene rings is 2. The monoisotopic (exact) mass is 437 g/mol. The summed E-state index contributed by atoms with van der Waals surface area (Å²) < 4.78 is 10.7. The van der Waals surface area contributed by atoms with Crippen molar-refractivity contribution in [2.24, 2.45) is 0 Å². The fraction of sp³-hybridized carbons (Fsp3) is 0.167. The molecular weight excluding hydrogens is 418 g/mol. The minimum absolute atomic E-state index is 0.0700. The van der Waals surface area contributed by atoms with Gasteiger partial charge in [0.1, 0.15) is 23.3 Å². The highest BCUT2D eigenvalue weighted by atomic mass is 35.5. The van der Waals surface area contributed by atoms with Gasteiger partial charge in [-0.05, 0) is 67.4 Å². The topological polar surface area (TPSA) is 80.0 Å². The van der Waals surface area contributed by atoms with Crippen molar-refractivity contribution >= 4 is 34.7 Å². The molecule has 0 spiro atoms. The van der Waals surface area contributed by atoms with Gasteiger partial charge in [-0.1, -0.05) is 17.7 Å². The van der Waals surface area contributed by atoms with Gasteiger partial charge < -0.3 is 14.3 Å². The Morgan fingerprint density at radius 2 is 1.87 bits per heavy atom. The lowest BCUT2D eigenvalue weighted by molar-refractivity contribution is -0.132. The fourth-order valence-corrected chi connectivity index (χ4v) is 3.92. The van der Waals surface area contributed by atoms with Crippen LogP contribution in [-0.2, 0) is 9.59 Å². The molecule has 1 aliphatic rings. The Kier molecular flexibility index (Phi) is 5.33. The number of ether oxygens (including phenoxy) is 1. The van der Waals surface area contributed by atoms with E-state index in [1.54, 1.807) is 30.3 Å². The third-order valence-electron chi connectivity index (χ3n) is 5.45. The Morgan fingerprint density at radius 3 is 2.48 bits per heavy atom. The number of carbonyl (C=O) groups is 2. The normalized spacial score (nSPS) is 17.9. The first kappa shape index (κ1) is 20.8. The van der Waals surface area contributed by atoms with E-state index in [0.717, 1.165) is 11.1 Å². The molecule has 0 radical (unpaired) electrons. The summed E-state index contributed by atoms with van der Waals surface area (Å²) in [4.78, 5) is 27.5. The van der Waals surface area contributed by atoms with E-state index in [1.165, 1.54) is 24.3 Å². The molecule has 1 saturated heterocycles. The molecule has 1 amide bonds. The molecule has 3 aromatic rings. The number of methoxy groups -OCH3 is 1. The molecule has 1 atom stereocenters. The summed E-state index contributed by atoms with van der Waals surface area (Å²) in [7, 11) is 1.48. The molecule has 4 rings (SSSR count). The molecule has 1 unspecified atom stereocenters. The van der Waals surface area contributed by atoms with E-state index in [9.17, 15) is 14.7 Å². The highest BCUT2D eigenvalue weighted by Gasteiger charge is 2.48. The van der Waals surface area contributed by atoms with E-state index >= 15 is 0 Å². The van der Waals surface area contributed by atoms with Crippen LogP contribution in [0.15, 0.2) is 64.8 Å². The van der Waals surface area contributed by atoms with Crippen LogP contribution in [0.3, 0.4) is 0 Å². The van der Waals surface area contributed by atoms with Crippen molar-refractivity contribution in [2.45, 2.75) is 19.9 Å². The largest absolute Gasteiger partial charge is 0.507 e. The van der Waals surface area contributed by atoms with E-state index in [4.69, 9.17) is 20.8 Å². The molecule has 0 aliphatic carbocycles. The number of aryl methyl sites for hydroxylation is 2. The molecule has 6 nitrogen and oxygen atoms in total. The van der Waals surface area contributed by atoms with E-state index in [2.05, 4.69) is 0 Å². The summed E-state index contributed by atoms with van der Waals surface area (Å²) in [6, 6.07) is 12.5. The van der Waals surface area contributed by atoms with Gasteiger partial charge in [0, 0.05) is 11.3 Å². The van der Waals surface area contributed by atoms with Crippen molar-refractivity contribution in [3.05, 3.63) is 87.8 Å². The van der Waals surface area contributed by atoms with Gasteiger partial charge in [0.05, 0.1) is 24.0 Å². The summed E-state index contributed by atoms with van der Waals surface area (Å²) in [5.74, 6) is -1.10.